The first kappa shape index (κ1) is 11.3. The average molecular weight is 261 g/mol. The Morgan fingerprint density at radius 1 is 1.44 bits per heavy atom. The lowest BCUT2D eigenvalue weighted by Crippen LogP contribution is -2.06. The lowest BCUT2D eigenvalue weighted by Gasteiger charge is -2.08. The summed E-state index contributed by atoms with van der Waals surface area (Å²) in [5.74, 6) is -0.160. The second kappa shape index (κ2) is 4.35. The molecule has 0 radical (unpaired) electrons. The second-order valence-corrected chi connectivity index (χ2v) is 4.20. The maximum absolute atomic E-state index is 13.6. The third-order valence-corrected chi connectivity index (χ3v) is 2.50. The summed E-state index contributed by atoms with van der Waals surface area (Å²) in [5.41, 5.74) is 0.108. The van der Waals surface area contributed by atoms with Crippen molar-refractivity contribution >= 4 is 23.2 Å². The van der Waals surface area contributed by atoms with Gasteiger partial charge in [0.1, 0.15) is 5.69 Å². The molecule has 0 spiro atoms. The molecule has 84 valence electrons. The number of benzene rings is 1. The Balaban J connectivity index is 2.63. The van der Waals surface area contributed by atoms with Gasteiger partial charge in [-0.15, -0.1) is 16.7 Å². The average Bonchev–Trinajstić information content (AvgIpc) is 2.66. The van der Waals surface area contributed by atoms with Gasteiger partial charge in [-0.2, -0.15) is 4.68 Å². The smallest absolute Gasteiger partial charge is 0.174 e. The van der Waals surface area contributed by atoms with Gasteiger partial charge in [0.25, 0.3) is 0 Å². The van der Waals surface area contributed by atoms with Crippen molar-refractivity contribution in [2.45, 2.75) is 12.3 Å². The summed E-state index contributed by atoms with van der Waals surface area (Å²) in [7, 11) is 0. The lowest BCUT2D eigenvalue weighted by molar-refractivity contribution is 0.602. The van der Waals surface area contributed by atoms with Crippen LogP contribution < -0.4 is 0 Å². The van der Waals surface area contributed by atoms with E-state index >= 15 is 0 Å². The fourth-order valence-corrected chi connectivity index (χ4v) is 1.67. The quantitative estimate of drug-likeness (QED) is 0.780. The molecule has 0 amide bonds. The van der Waals surface area contributed by atoms with Crippen molar-refractivity contribution in [3.8, 4) is 5.69 Å². The highest BCUT2D eigenvalue weighted by Crippen LogP contribution is 2.26. The Morgan fingerprint density at radius 3 is 2.81 bits per heavy atom. The monoisotopic (exact) mass is 260 g/mol. The molecule has 16 heavy (non-hydrogen) atoms. The summed E-state index contributed by atoms with van der Waals surface area (Å²) in [4.78, 5) is 0. The highest BCUT2D eigenvalue weighted by Gasteiger charge is 2.18. The van der Waals surface area contributed by atoms with E-state index in [4.69, 9.17) is 23.2 Å². The van der Waals surface area contributed by atoms with Gasteiger partial charge in [-0.3, -0.25) is 0 Å². The van der Waals surface area contributed by atoms with Gasteiger partial charge in [0.05, 0.1) is 10.4 Å². The molecular weight excluding hydrogens is 254 g/mol. The second-order valence-electron chi connectivity index (χ2n) is 3.14. The number of halogens is 3. The fourth-order valence-electron chi connectivity index (χ4n) is 1.29. The van der Waals surface area contributed by atoms with Crippen molar-refractivity contribution in [2.75, 3.05) is 0 Å². The zero-order valence-electron chi connectivity index (χ0n) is 8.23. The summed E-state index contributed by atoms with van der Waals surface area (Å²) in [6, 6.07) is 4.35. The molecule has 0 bridgehead atoms. The van der Waals surface area contributed by atoms with Gasteiger partial charge in [-0.25, -0.2) is 4.39 Å². The molecule has 7 heteroatoms. The zero-order valence-corrected chi connectivity index (χ0v) is 9.74. The normalized spacial score (nSPS) is 12.8. The molecule has 1 aromatic carbocycles. The summed E-state index contributed by atoms with van der Waals surface area (Å²) >= 11 is 11.8. The highest BCUT2D eigenvalue weighted by molar-refractivity contribution is 6.32. The number of rotatable bonds is 2. The molecule has 1 aromatic heterocycles. The molecule has 1 heterocycles. The first-order valence-corrected chi connectivity index (χ1v) is 5.29. The largest absolute Gasteiger partial charge is 0.205 e. The third kappa shape index (κ3) is 1.88. The Morgan fingerprint density at radius 2 is 2.19 bits per heavy atom. The Kier molecular flexibility index (Phi) is 3.07. The zero-order chi connectivity index (χ0) is 11.7. The summed E-state index contributed by atoms with van der Waals surface area (Å²) in [5, 5.41) is 10.6. The molecule has 1 unspecified atom stereocenters. The maximum Gasteiger partial charge on any atom is 0.174 e. The van der Waals surface area contributed by atoms with Crippen LogP contribution in [0.15, 0.2) is 18.2 Å². The molecule has 1 atom stereocenters. The highest BCUT2D eigenvalue weighted by atomic mass is 35.5. The standard InChI is InChI=1S/C9H7Cl2FN4/c1-5(10)9-13-14-15-16(9)8-6(11)3-2-4-7(8)12/h2-5H,1H3. The van der Waals surface area contributed by atoms with Gasteiger partial charge in [0.2, 0.25) is 0 Å². The van der Waals surface area contributed by atoms with Crippen LogP contribution in [0.5, 0.6) is 0 Å². The predicted octanol–water partition coefficient (Wildman–Crippen LogP) is 2.75. The molecule has 0 saturated heterocycles. The SMILES string of the molecule is CC(Cl)c1nnnn1-c1c(F)cccc1Cl. The van der Waals surface area contributed by atoms with Crippen LogP contribution in [0.1, 0.15) is 18.1 Å². The Hall–Kier alpha value is -1.20. The van der Waals surface area contributed by atoms with Crippen molar-refractivity contribution < 1.29 is 4.39 Å². The van der Waals surface area contributed by atoms with Crippen LogP contribution in [0.2, 0.25) is 5.02 Å². The van der Waals surface area contributed by atoms with Crippen molar-refractivity contribution in [1.82, 2.24) is 20.2 Å². The molecule has 4 nitrogen and oxygen atoms in total. The van der Waals surface area contributed by atoms with Crippen molar-refractivity contribution in [1.29, 1.82) is 0 Å². The van der Waals surface area contributed by atoms with Crippen LogP contribution >= 0.6 is 23.2 Å². The lowest BCUT2D eigenvalue weighted by atomic mass is 10.3. The maximum atomic E-state index is 13.6. The van der Waals surface area contributed by atoms with E-state index in [0.29, 0.717) is 5.82 Å². The molecule has 0 aliphatic heterocycles. The van der Waals surface area contributed by atoms with E-state index in [9.17, 15) is 4.39 Å². The Labute approximate surface area is 101 Å². The molecule has 0 N–H and O–H groups in total. The molecule has 0 saturated carbocycles. The molecule has 0 aliphatic carbocycles. The van der Waals surface area contributed by atoms with E-state index in [-0.39, 0.29) is 10.7 Å². The first-order valence-electron chi connectivity index (χ1n) is 4.48. The minimum Gasteiger partial charge on any atom is -0.205 e. The number of hydrogen-bond donors (Lipinski definition) is 0. The van der Waals surface area contributed by atoms with Gasteiger partial charge >= 0.3 is 0 Å². The van der Waals surface area contributed by atoms with Gasteiger partial charge < -0.3 is 0 Å². The van der Waals surface area contributed by atoms with Gasteiger partial charge in [0.15, 0.2) is 11.6 Å². The summed E-state index contributed by atoms with van der Waals surface area (Å²) < 4.78 is 14.8. The third-order valence-electron chi connectivity index (χ3n) is 2.00. The summed E-state index contributed by atoms with van der Waals surface area (Å²) in [6.45, 7) is 1.69. The number of para-hydroxylation sites is 1. The van der Waals surface area contributed by atoms with E-state index in [1.54, 1.807) is 13.0 Å². The first-order chi connectivity index (χ1) is 7.61. The summed E-state index contributed by atoms with van der Waals surface area (Å²) in [6.07, 6.45) is 0. The molecule has 2 rings (SSSR count). The van der Waals surface area contributed by atoms with Gasteiger partial charge in [-0.05, 0) is 29.5 Å². The number of aromatic nitrogens is 4. The fraction of sp³-hybridized carbons (Fsp3) is 0.222. The van der Waals surface area contributed by atoms with Gasteiger partial charge in [-0.1, -0.05) is 17.7 Å². The van der Waals surface area contributed by atoms with Crippen molar-refractivity contribution in [3.63, 3.8) is 0 Å². The van der Waals surface area contributed by atoms with Crippen molar-refractivity contribution in [3.05, 3.63) is 34.9 Å². The molecule has 0 aliphatic rings. The van der Waals surface area contributed by atoms with Crippen molar-refractivity contribution in [2.24, 2.45) is 0 Å². The topological polar surface area (TPSA) is 43.6 Å². The molecule has 0 fully saturated rings. The number of tetrazole rings is 1. The molecular formula is C9H7Cl2FN4. The number of nitrogens with zero attached hydrogens (tertiary/aromatic N) is 4. The van der Waals surface area contributed by atoms with Crippen LogP contribution in [0.3, 0.4) is 0 Å². The van der Waals surface area contributed by atoms with Crippen LogP contribution in [0.25, 0.3) is 5.69 Å². The van der Waals surface area contributed by atoms with Crippen LogP contribution in [0, 0.1) is 5.82 Å². The van der Waals surface area contributed by atoms with Crippen LogP contribution in [-0.2, 0) is 0 Å². The molecule has 2 aromatic rings. The van der Waals surface area contributed by atoms with E-state index in [2.05, 4.69) is 15.5 Å². The van der Waals surface area contributed by atoms with E-state index < -0.39 is 11.2 Å². The van der Waals surface area contributed by atoms with E-state index in [1.807, 2.05) is 0 Å². The number of alkyl halides is 1. The Bertz CT molecular complexity index is 492. The minimum absolute atomic E-state index is 0.108. The van der Waals surface area contributed by atoms with E-state index in [0.717, 1.165) is 0 Å². The van der Waals surface area contributed by atoms with E-state index in [1.165, 1.54) is 16.8 Å². The van der Waals surface area contributed by atoms with Crippen LogP contribution in [-0.4, -0.2) is 20.2 Å². The minimum atomic E-state index is -0.502. The predicted molar refractivity (Wildman–Crippen MR) is 58.4 cm³/mol. The van der Waals surface area contributed by atoms with Crippen LogP contribution in [0.4, 0.5) is 4.39 Å². The van der Waals surface area contributed by atoms with Gasteiger partial charge in [0, 0.05) is 0 Å². The number of hydrogen-bond acceptors (Lipinski definition) is 3.